The van der Waals surface area contributed by atoms with Crippen molar-refractivity contribution >= 4 is 34.4 Å². The van der Waals surface area contributed by atoms with E-state index in [0.29, 0.717) is 5.11 Å². The average molecular weight is 315 g/mol. The Morgan fingerprint density at radius 2 is 1.86 bits per heavy atom. The fraction of sp³-hybridized carbons (Fsp3) is 0.188. The van der Waals surface area contributed by atoms with Crippen molar-refractivity contribution in [3.8, 4) is 0 Å². The van der Waals surface area contributed by atoms with E-state index in [1.54, 1.807) is 12.1 Å². The molecule has 0 aliphatic heterocycles. The number of rotatable bonds is 4. The summed E-state index contributed by atoms with van der Waals surface area (Å²) in [7, 11) is 0. The molecule has 0 radical (unpaired) electrons. The second kappa shape index (κ2) is 7.00. The lowest BCUT2D eigenvalue weighted by Crippen LogP contribution is -2.35. The Bertz CT molecular complexity index is 686. The van der Waals surface area contributed by atoms with Crippen molar-refractivity contribution in [2.75, 3.05) is 16.8 Å². The monoisotopic (exact) mass is 315 g/mol. The zero-order chi connectivity index (χ0) is 16.1. The first-order valence-electron chi connectivity index (χ1n) is 6.91. The Morgan fingerprint density at radius 3 is 2.41 bits per heavy atom. The molecule has 22 heavy (non-hydrogen) atoms. The maximum atomic E-state index is 10.7. The molecular weight excluding hydrogens is 298 g/mol. The maximum Gasteiger partial charge on any atom is 0.269 e. The molecule has 6 heteroatoms. The van der Waals surface area contributed by atoms with Crippen molar-refractivity contribution < 1.29 is 4.92 Å². The van der Waals surface area contributed by atoms with Crippen molar-refractivity contribution in [2.24, 2.45) is 0 Å². The molecule has 0 bridgehead atoms. The SMILES string of the molecule is CCN(C(=S)Nc1ccc([N+](=O)[O-])cc1)c1ccccc1C. The molecule has 0 fully saturated rings. The van der Waals surface area contributed by atoms with Crippen molar-refractivity contribution in [3.05, 3.63) is 64.2 Å². The van der Waals surface area contributed by atoms with Gasteiger partial charge in [0, 0.05) is 30.1 Å². The van der Waals surface area contributed by atoms with Crippen LogP contribution in [0.3, 0.4) is 0 Å². The molecule has 2 aromatic carbocycles. The first-order valence-corrected chi connectivity index (χ1v) is 7.32. The number of hydrogen-bond donors (Lipinski definition) is 1. The molecule has 2 aromatic rings. The highest BCUT2D eigenvalue weighted by molar-refractivity contribution is 7.80. The second-order valence-corrected chi connectivity index (χ2v) is 5.15. The predicted molar refractivity (Wildman–Crippen MR) is 93.5 cm³/mol. The molecule has 0 aromatic heterocycles. The topological polar surface area (TPSA) is 58.4 Å². The number of nitro groups is 1. The van der Waals surface area contributed by atoms with Gasteiger partial charge in [-0.3, -0.25) is 10.1 Å². The number of non-ortho nitro benzene ring substituents is 1. The standard InChI is InChI=1S/C16H17N3O2S/c1-3-18(15-7-5-4-6-12(15)2)16(22)17-13-8-10-14(11-9-13)19(20)21/h4-11H,3H2,1-2H3,(H,17,22). The van der Waals surface area contributed by atoms with Crippen LogP contribution in [0.15, 0.2) is 48.5 Å². The Morgan fingerprint density at radius 1 is 1.23 bits per heavy atom. The van der Waals surface area contributed by atoms with Crippen LogP contribution in [0.25, 0.3) is 0 Å². The number of anilines is 2. The number of hydrogen-bond acceptors (Lipinski definition) is 3. The van der Waals surface area contributed by atoms with Crippen molar-refractivity contribution in [1.29, 1.82) is 0 Å². The highest BCUT2D eigenvalue weighted by Crippen LogP contribution is 2.21. The highest BCUT2D eigenvalue weighted by atomic mass is 32.1. The zero-order valence-electron chi connectivity index (χ0n) is 12.4. The van der Waals surface area contributed by atoms with Gasteiger partial charge in [-0.05, 0) is 49.8 Å². The van der Waals surface area contributed by atoms with E-state index in [2.05, 4.69) is 5.32 Å². The molecule has 5 nitrogen and oxygen atoms in total. The summed E-state index contributed by atoms with van der Waals surface area (Å²) in [5.74, 6) is 0. The van der Waals surface area contributed by atoms with E-state index >= 15 is 0 Å². The summed E-state index contributed by atoms with van der Waals surface area (Å²) in [6.07, 6.45) is 0. The van der Waals surface area contributed by atoms with Gasteiger partial charge in [-0.2, -0.15) is 0 Å². The van der Waals surface area contributed by atoms with E-state index in [1.807, 2.05) is 43.0 Å². The molecular formula is C16H17N3O2S. The van der Waals surface area contributed by atoms with Gasteiger partial charge in [0.1, 0.15) is 0 Å². The number of thiocarbonyl (C=S) groups is 1. The van der Waals surface area contributed by atoms with Crippen LogP contribution in [0.5, 0.6) is 0 Å². The number of benzene rings is 2. The lowest BCUT2D eigenvalue weighted by Gasteiger charge is -2.26. The number of nitrogens with one attached hydrogen (secondary N) is 1. The van der Waals surface area contributed by atoms with E-state index in [0.717, 1.165) is 23.5 Å². The third-order valence-electron chi connectivity index (χ3n) is 3.30. The van der Waals surface area contributed by atoms with E-state index in [-0.39, 0.29) is 5.69 Å². The molecule has 0 atom stereocenters. The third-order valence-corrected chi connectivity index (χ3v) is 3.62. The molecule has 2 rings (SSSR count). The van der Waals surface area contributed by atoms with Gasteiger partial charge >= 0.3 is 0 Å². The fourth-order valence-corrected chi connectivity index (χ4v) is 2.49. The molecule has 0 spiro atoms. The Hall–Kier alpha value is -2.47. The largest absolute Gasteiger partial charge is 0.332 e. The van der Waals surface area contributed by atoms with Crippen LogP contribution < -0.4 is 10.2 Å². The fourth-order valence-electron chi connectivity index (χ4n) is 2.15. The smallest absolute Gasteiger partial charge is 0.269 e. The molecule has 0 amide bonds. The Balaban J connectivity index is 2.16. The summed E-state index contributed by atoms with van der Waals surface area (Å²) in [4.78, 5) is 12.2. The van der Waals surface area contributed by atoms with Crippen LogP contribution in [0, 0.1) is 17.0 Å². The summed E-state index contributed by atoms with van der Waals surface area (Å²) in [5, 5.41) is 14.3. The third kappa shape index (κ3) is 3.59. The normalized spacial score (nSPS) is 10.1. The minimum atomic E-state index is -0.423. The number of nitrogens with zero attached hydrogens (tertiary/aromatic N) is 2. The highest BCUT2D eigenvalue weighted by Gasteiger charge is 2.12. The van der Waals surface area contributed by atoms with Crippen molar-refractivity contribution in [2.45, 2.75) is 13.8 Å². The Kier molecular flexibility index (Phi) is 5.06. The van der Waals surface area contributed by atoms with Crippen LogP contribution in [0.4, 0.5) is 17.1 Å². The van der Waals surface area contributed by atoms with Gasteiger partial charge in [0.05, 0.1) is 4.92 Å². The Labute approximate surface area is 134 Å². The molecule has 0 saturated heterocycles. The van der Waals surface area contributed by atoms with Crippen molar-refractivity contribution in [1.82, 2.24) is 0 Å². The van der Waals surface area contributed by atoms with Crippen LogP contribution in [-0.2, 0) is 0 Å². The summed E-state index contributed by atoms with van der Waals surface area (Å²) in [6.45, 7) is 4.78. The van der Waals surface area contributed by atoms with Gasteiger partial charge in [0.15, 0.2) is 5.11 Å². The van der Waals surface area contributed by atoms with Gasteiger partial charge in [0.2, 0.25) is 0 Å². The maximum absolute atomic E-state index is 10.7. The van der Waals surface area contributed by atoms with Gasteiger partial charge in [0.25, 0.3) is 5.69 Å². The van der Waals surface area contributed by atoms with Gasteiger partial charge < -0.3 is 10.2 Å². The molecule has 0 aliphatic carbocycles. The molecule has 114 valence electrons. The van der Waals surface area contributed by atoms with E-state index < -0.39 is 4.92 Å². The second-order valence-electron chi connectivity index (χ2n) is 4.76. The molecule has 1 N–H and O–H groups in total. The molecule has 0 saturated carbocycles. The lowest BCUT2D eigenvalue weighted by atomic mass is 10.2. The number of para-hydroxylation sites is 1. The zero-order valence-corrected chi connectivity index (χ0v) is 13.3. The molecule has 0 heterocycles. The summed E-state index contributed by atoms with van der Waals surface area (Å²) in [5.41, 5.74) is 2.96. The van der Waals surface area contributed by atoms with Crippen LogP contribution >= 0.6 is 12.2 Å². The number of nitro benzene ring substituents is 1. The first kappa shape index (κ1) is 15.9. The van der Waals surface area contributed by atoms with E-state index in [9.17, 15) is 10.1 Å². The van der Waals surface area contributed by atoms with Crippen molar-refractivity contribution in [3.63, 3.8) is 0 Å². The van der Waals surface area contributed by atoms with E-state index in [4.69, 9.17) is 12.2 Å². The van der Waals surface area contributed by atoms with Gasteiger partial charge in [-0.1, -0.05) is 18.2 Å². The van der Waals surface area contributed by atoms with Crippen LogP contribution in [0.1, 0.15) is 12.5 Å². The number of aryl methyl sites for hydroxylation is 1. The molecule has 0 unspecified atom stereocenters. The summed E-state index contributed by atoms with van der Waals surface area (Å²) in [6, 6.07) is 14.2. The minimum Gasteiger partial charge on any atom is -0.332 e. The minimum absolute atomic E-state index is 0.0581. The van der Waals surface area contributed by atoms with Gasteiger partial charge in [-0.15, -0.1) is 0 Å². The molecule has 0 aliphatic rings. The predicted octanol–water partition coefficient (Wildman–Crippen LogP) is 4.13. The lowest BCUT2D eigenvalue weighted by molar-refractivity contribution is -0.384. The van der Waals surface area contributed by atoms with Crippen LogP contribution in [-0.4, -0.2) is 16.6 Å². The van der Waals surface area contributed by atoms with E-state index in [1.165, 1.54) is 12.1 Å². The quantitative estimate of drug-likeness (QED) is 0.522. The summed E-state index contributed by atoms with van der Waals surface area (Å²) >= 11 is 5.46. The summed E-state index contributed by atoms with van der Waals surface area (Å²) < 4.78 is 0. The average Bonchev–Trinajstić information content (AvgIpc) is 2.50. The van der Waals surface area contributed by atoms with Gasteiger partial charge in [-0.25, -0.2) is 0 Å². The first-order chi connectivity index (χ1) is 10.5. The van der Waals surface area contributed by atoms with Crippen LogP contribution in [0.2, 0.25) is 0 Å².